The van der Waals surface area contributed by atoms with Crippen molar-refractivity contribution in [2.45, 2.75) is 56.8 Å². The number of rotatable bonds is 3. The van der Waals surface area contributed by atoms with Gasteiger partial charge in [-0.3, -0.25) is 9.59 Å². The minimum absolute atomic E-state index is 0.0162. The van der Waals surface area contributed by atoms with Crippen LogP contribution in [0.15, 0.2) is 0 Å². The average Bonchev–Trinajstić information content (AvgIpc) is 3.22. The monoisotopic (exact) mass is 352 g/mol. The molecule has 8 heteroatoms. The van der Waals surface area contributed by atoms with Crippen molar-refractivity contribution < 1.29 is 14.3 Å². The molecule has 132 valence electrons. The highest BCUT2D eigenvalue weighted by Crippen LogP contribution is 2.37. The normalized spacial score (nSPS) is 20.0. The summed E-state index contributed by atoms with van der Waals surface area (Å²) in [5.41, 5.74) is 1.74. The van der Waals surface area contributed by atoms with E-state index in [9.17, 15) is 9.59 Å². The molecule has 2 N–H and O–H groups in total. The molecular weight excluding hydrogens is 328 g/mol. The minimum atomic E-state index is -0.655. The van der Waals surface area contributed by atoms with E-state index in [0.717, 1.165) is 42.2 Å². The fourth-order valence-electron chi connectivity index (χ4n) is 2.88. The van der Waals surface area contributed by atoms with Crippen LogP contribution >= 0.6 is 11.8 Å². The van der Waals surface area contributed by atoms with Crippen LogP contribution in [0.25, 0.3) is 0 Å². The standard InChI is InChI=1S/C16H24N4O3S/c1-16(2,3)20-13(11-8-24-9-12(11)19-20)18-15(22)14(21)17-7-10-5-4-6-23-10/h10H,4-9H2,1-3H3,(H,17,21)(H,18,22). The van der Waals surface area contributed by atoms with Gasteiger partial charge in [-0.1, -0.05) is 0 Å². The second kappa shape index (κ2) is 6.76. The highest BCUT2D eigenvalue weighted by Gasteiger charge is 2.30. The summed E-state index contributed by atoms with van der Waals surface area (Å²) in [6.45, 7) is 7.17. The first-order chi connectivity index (χ1) is 11.4. The second-order valence-corrected chi connectivity index (χ2v) is 8.13. The number of hydrogen-bond acceptors (Lipinski definition) is 5. The van der Waals surface area contributed by atoms with Gasteiger partial charge in [-0.15, -0.1) is 0 Å². The Morgan fingerprint density at radius 1 is 1.33 bits per heavy atom. The van der Waals surface area contributed by atoms with Crippen LogP contribution in [-0.2, 0) is 31.4 Å². The highest BCUT2D eigenvalue weighted by molar-refractivity contribution is 7.98. The van der Waals surface area contributed by atoms with Crippen LogP contribution in [0, 0.1) is 0 Å². The van der Waals surface area contributed by atoms with Gasteiger partial charge >= 0.3 is 11.8 Å². The molecule has 2 aliphatic heterocycles. The maximum Gasteiger partial charge on any atom is 0.314 e. The molecule has 0 radical (unpaired) electrons. The molecule has 1 aromatic rings. The molecule has 1 saturated heterocycles. The van der Waals surface area contributed by atoms with Gasteiger partial charge < -0.3 is 15.4 Å². The number of carbonyl (C=O) groups is 2. The first-order valence-corrected chi connectivity index (χ1v) is 9.41. The van der Waals surface area contributed by atoms with Crippen LogP contribution in [-0.4, -0.2) is 40.9 Å². The van der Waals surface area contributed by atoms with Crippen molar-refractivity contribution in [3.8, 4) is 0 Å². The quantitative estimate of drug-likeness (QED) is 0.808. The summed E-state index contributed by atoms with van der Waals surface area (Å²) >= 11 is 1.76. The SMILES string of the molecule is CC(C)(C)n1nc2c(c1NC(=O)C(=O)NCC1CCCO1)CSC2. The Hall–Kier alpha value is -1.54. The van der Waals surface area contributed by atoms with Gasteiger partial charge in [-0.05, 0) is 33.6 Å². The maximum absolute atomic E-state index is 12.3. The summed E-state index contributed by atoms with van der Waals surface area (Å²) in [5.74, 6) is 0.995. The number of thioether (sulfide) groups is 1. The third-order valence-electron chi connectivity index (χ3n) is 4.14. The molecular formula is C16H24N4O3S. The zero-order valence-electron chi connectivity index (χ0n) is 14.3. The predicted molar refractivity (Wildman–Crippen MR) is 92.8 cm³/mol. The fraction of sp³-hybridized carbons (Fsp3) is 0.688. The van der Waals surface area contributed by atoms with Crippen LogP contribution < -0.4 is 10.6 Å². The van der Waals surface area contributed by atoms with E-state index >= 15 is 0 Å². The number of aromatic nitrogens is 2. The Labute approximate surface area is 145 Å². The number of ether oxygens (including phenoxy) is 1. The van der Waals surface area contributed by atoms with Gasteiger partial charge in [0.15, 0.2) is 0 Å². The predicted octanol–water partition coefficient (Wildman–Crippen LogP) is 1.62. The molecule has 1 unspecified atom stereocenters. The van der Waals surface area contributed by atoms with Crippen molar-refractivity contribution in [3.63, 3.8) is 0 Å². The van der Waals surface area contributed by atoms with Crippen molar-refractivity contribution in [1.82, 2.24) is 15.1 Å². The smallest absolute Gasteiger partial charge is 0.314 e. The van der Waals surface area contributed by atoms with Crippen LogP contribution in [0.2, 0.25) is 0 Å². The van der Waals surface area contributed by atoms with Crippen molar-refractivity contribution in [2.75, 3.05) is 18.5 Å². The molecule has 24 heavy (non-hydrogen) atoms. The van der Waals surface area contributed by atoms with Crippen molar-refractivity contribution >= 4 is 29.4 Å². The van der Waals surface area contributed by atoms with Gasteiger partial charge in [-0.2, -0.15) is 16.9 Å². The minimum Gasteiger partial charge on any atom is -0.376 e. The molecule has 0 bridgehead atoms. The number of nitrogens with one attached hydrogen (secondary N) is 2. The van der Waals surface area contributed by atoms with Gasteiger partial charge in [0.25, 0.3) is 0 Å². The average molecular weight is 352 g/mol. The third kappa shape index (κ3) is 3.59. The Morgan fingerprint density at radius 2 is 2.12 bits per heavy atom. The van der Waals surface area contributed by atoms with Crippen LogP contribution in [0.1, 0.15) is 44.9 Å². The van der Waals surface area contributed by atoms with Crippen LogP contribution in [0.5, 0.6) is 0 Å². The molecule has 1 aromatic heterocycles. The molecule has 0 spiro atoms. The van der Waals surface area contributed by atoms with E-state index in [2.05, 4.69) is 15.7 Å². The lowest BCUT2D eigenvalue weighted by Crippen LogP contribution is -2.40. The molecule has 1 fully saturated rings. The molecule has 0 aliphatic carbocycles. The van der Waals surface area contributed by atoms with Gasteiger partial charge in [-0.25, -0.2) is 4.68 Å². The van der Waals surface area contributed by atoms with E-state index in [1.807, 2.05) is 25.5 Å². The summed E-state index contributed by atoms with van der Waals surface area (Å²) in [7, 11) is 0. The summed E-state index contributed by atoms with van der Waals surface area (Å²) < 4.78 is 7.26. The summed E-state index contributed by atoms with van der Waals surface area (Å²) in [5, 5.41) is 10.0. The Bertz CT molecular complexity index is 644. The van der Waals surface area contributed by atoms with E-state index < -0.39 is 11.8 Å². The van der Waals surface area contributed by atoms with E-state index in [-0.39, 0.29) is 11.6 Å². The molecule has 3 rings (SSSR count). The van der Waals surface area contributed by atoms with Crippen molar-refractivity contribution in [1.29, 1.82) is 0 Å². The summed E-state index contributed by atoms with van der Waals surface area (Å²) in [6.07, 6.45) is 1.94. The number of hydrogen-bond donors (Lipinski definition) is 2. The van der Waals surface area contributed by atoms with E-state index in [4.69, 9.17) is 4.74 Å². The first-order valence-electron chi connectivity index (χ1n) is 8.26. The molecule has 1 atom stereocenters. The van der Waals surface area contributed by atoms with Gasteiger partial charge in [0.05, 0.1) is 17.3 Å². The summed E-state index contributed by atoms with van der Waals surface area (Å²) in [4.78, 5) is 24.4. The fourth-order valence-corrected chi connectivity index (χ4v) is 3.92. The Kier molecular flexibility index (Phi) is 4.87. The molecule has 2 amide bonds. The number of carbonyl (C=O) groups excluding carboxylic acids is 2. The summed E-state index contributed by atoms with van der Waals surface area (Å²) in [6, 6.07) is 0. The molecule has 0 saturated carbocycles. The highest BCUT2D eigenvalue weighted by atomic mass is 32.2. The van der Waals surface area contributed by atoms with Gasteiger partial charge in [0, 0.05) is 30.2 Å². The maximum atomic E-state index is 12.3. The molecule has 2 aliphatic rings. The van der Waals surface area contributed by atoms with Crippen molar-refractivity contribution in [3.05, 3.63) is 11.3 Å². The van der Waals surface area contributed by atoms with E-state index in [1.54, 1.807) is 11.8 Å². The Balaban J connectivity index is 1.68. The lowest BCUT2D eigenvalue weighted by molar-refractivity contribution is -0.136. The number of amides is 2. The third-order valence-corrected chi connectivity index (χ3v) is 5.11. The number of anilines is 1. The molecule has 7 nitrogen and oxygen atoms in total. The van der Waals surface area contributed by atoms with Crippen molar-refractivity contribution in [2.24, 2.45) is 0 Å². The lowest BCUT2D eigenvalue weighted by atomic mass is 10.1. The van der Waals surface area contributed by atoms with E-state index in [0.29, 0.717) is 12.4 Å². The zero-order valence-corrected chi connectivity index (χ0v) is 15.2. The number of fused-ring (bicyclic) bond motifs is 1. The van der Waals surface area contributed by atoms with Crippen LogP contribution in [0.4, 0.5) is 5.82 Å². The zero-order chi connectivity index (χ0) is 17.3. The lowest BCUT2D eigenvalue weighted by Gasteiger charge is -2.23. The second-order valence-electron chi connectivity index (χ2n) is 7.15. The molecule has 3 heterocycles. The van der Waals surface area contributed by atoms with Crippen LogP contribution in [0.3, 0.4) is 0 Å². The van der Waals surface area contributed by atoms with E-state index in [1.165, 1.54) is 0 Å². The largest absolute Gasteiger partial charge is 0.376 e. The molecule has 0 aromatic carbocycles. The van der Waals surface area contributed by atoms with Gasteiger partial charge in [0.2, 0.25) is 0 Å². The first kappa shape index (κ1) is 17.3. The number of nitrogens with zero attached hydrogens (tertiary/aromatic N) is 2. The Morgan fingerprint density at radius 3 is 2.79 bits per heavy atom. The van der Waals surface area contributed by atoms with Gasteiger partial charge in [0.1, 0.15) is 5.82 Å². The topological polar surface area (TPSA) is 85.2 Å².